The van der Waals surface area contributed by atoms with Crippen molar-refractivity contribution in [3.05, 3.63) is 77.6 Å². The van der Waals surface area contributed by atoms with E-state index in [2.05, 4.69) is 52.9 Å². The van der Waals surface area contributed by atoms with Gasteiger partial charge in [0, 0.05) is 38.3 Å². The molecule has 3 heterocycles. The van der Waals surface area contributed by atoms with Crippen LogP contribution in [0, 0.1) is 12.8 Å². The molecule has 8 heteroatoms. The van der Waals surface area contributed by atoms with E-state index in [9.17, 15) is 4.79 Å². The molecule has 1 fully saturated rings. The van der Waals surface area contributed by atoms with Crippen molar-refractivity contribution in [2.24, 2.45) is 5.92 Å². The zero-order chi connectivity index (χ0) is 27.9. The maximum atomic E-state index is 13.1. The summed E-state index contributed by atoms with van der Waals surface area (Å²) in [4.78, 5) is 32.0. The first-order chi connectivity index (χ1) is 19.6. The summed E-state index contributed by atoms with van der Waals surface area (Å²) < 4.78 is 2.10. The van der Waals surface area contributed by atoms with Crippen molar-refractivity contribution in [3.63, 3.8) is 0 Å². The van der Waals surface area contributed by atoms with E-state index in [0.29, 0.717) is 44.6 Å². The van der Waals surface area contributed by atoms with E-state index >= 15 is 0 Å². The highest BCUT2D eigenvalue weighted by molar-refractivity contribution is 5.94. The van der Waals surface area contributed by atoms with Crippen LogP contribution in [0.15, 0.2) is 60.9 Å². The monoisotopic (exact) mass is 539 g/mol. The molecule has 1 N–H and O–H groups in total. The van der Waals surface area contributed by atoms with E-state index in [1.54, 1.807) is 0 Å². The first kappa shape index (κ1) is 27.6. The lowest BCUT2D eigenvalue weighted by molar-refractivity contribution is 0.0746. The number of carbonyl (C=O) groups excluding carboxylic acids is 1. The Morgan fingerprint density at radius 2 is 1.80 bits per heavy atom. The first-order valence-corrected chi connectivity index (χ1v) is 14.7. The van der Waals surface area contributed by atoms with E-state index in [4.69, 9.17) is 15.0 Å². The SMILES string of the molecule is CCCCC(CC)CNc1nc(N2CCN(C(=O)c3cccc(C)c3)CC2)nc2c1ncn2Cc1ccccc1. The van der Waals surface area contributed by atoms with E-state index < -0.39 is 0 Å². The molecular formula is C32H41N7O. The molecule has 0 radical (unpaired) electrons. The lowest BCUT2D eigenvalue weighted by atomic mass is 9.99. The molecule has 8 nitrogen and oxygen atoms in total. The second kappa shape index (κ2) is 12.9. The Balaban J connectivity index is 1.38. The van der Waals surface area contributed by atoms with Crippen LogP contribution >= 0.6 is 0 Å². The summed E-state index contributed by atoms with van der Waals surface area (Å²) in [6.07, 6.45) is 6.66. The quantitative estimate of drug-likeness (QED) is 0.261. The number of anilines is 2. The van der Waals surface area contributed by atoms with E-state index in [1.165, 1.54) is 24.8 Å². The van der Waals surface area contributed by atoms with Crippen molar-refractivity contribution in [2.45, 2.75) is 53.0 Å². The van der Waals surface area contributed by atoms with Gasteiger partial charge in [-0.2, -0.15) is 9.97 Å². The first-order valence-electron chi connectivity index (χ1n) is 14.7. The number of imidazole rings is 1. The molecule has 1 atom stereocenters. The smallest absolute Gasteiger partial charge is 0.253 e. The van der Waals surface area contributed by atoms with Gasteiger partial charge in [-0.15, -0.1) is 0 Å². The van der Waals surface area contributed by atoms with Gasteiger partial charge >= 0.3 is 0 Å². The standard InChI is InChI=1S/C32H41N7O/c1-4-6-12-25(5-2)21-33-29-28-30(39(23-34-28)22-26-13-8-7-9-14-26)36-32(35-29)38-18-16-37(17-19-38)31(40)27-15-10-11-24(3)20-27/h7-11,13-15,20,23,25H,4-6,12,16-19,21-22H2,1-3H3,(H,33,35,36). The van der Waals surface area contributed by atoms with Gasteiger partial charge in [0.05, 0.1) is 12.9 Å². The number of fused-ring (bicyclic) bond motifs is 1. The van der Waals surface area contributed by atoms with Crippen molar-refractivity contribution in [3.8, 4) is 0 Å². The lowest BCUT2D eigenvalue weighted by Crippen LogP contribution is -2.49. The fraction of sp³-hybridized carbons (Fsp3) is 0.438. The zero-order valence-electron chi connectivity index (χ0n) is 24.0. The molecule has 5 rings (SSSR count). The van der Waals surface area contributed by atoms with Crippen LogP contribution in [0.4, 0.5) is 11.8 Å². The Bertz CT molecular complexity index is 1410. The van der Waals surface area contributed by atoms with Crippen LogP contribution in [0.25, 0.3) is 11.2 Å². The molecule has 0 aliphatic carbocycles. The highest BCUT2D eigenvalue weighted by atomic mass is 16.2. The molecule has 4 aromatic rings. The van der Waals surface area contributed by atoms with Crippen molar-refractivity contribution in [1.29, 1.82) is 0 Å². The number of nitrogens with one attached hydrogen (secondary N) is 1. The predicted molar refractivity (Wildman–Crippen MR) is 162 cm³/mol. The molecule has 1 aliphatic heterocycles. The minimum Gasteiger partial charge on any atom is -0.368 e. The third-order valence-corrected chi connectivity index (χ3v) is 7.86. The van der Waals surface area contributed by atoms with E-state index in [0.717, 1.165) is 41.1 Å². The van der Waals surface area contributed by atoms with Crippen molar-refractivity contribution < 1.29 is 4.79 Å². The number of piperazine rings is 1. The summed E-state index contributed by atoms with van der Waals surface area (Å²) >= 11 is 0. The molecule has 210 valence electrons. The maximum Gasteiger partial charge on any atom is 0.253 e. The topological polar surface area (TPSA) is 79.2 Å². The minimum atomic E-state index is 0.0840. The molecule has 0 spiro atoms. The summed E-state index contributed by atoms with van der Waals surface area (Å²) in [5.74, 6) is 2.16. The average Bonchev–Trinajstić information content (AvgIpc) is 3.40. The van der Waals surface area contributed by atoms with Gasteiger partial charge in [-0.1, -0.05) is 81.1 Å². The highest BCUT2D eigenvalue weighted by Gasteiger charge is 2.25. The summed E-state index contributed by atoms with van der Waals surface area (Å²) in [6, 6.07) is 18.2. The molecule has 40 heavy (non-hydrogen) atoms. The maximum absolute atomic E-state index is 13.1. The van der Waals surface area contributed by atoms with Gasteiger partial charge in [0.25, 0.3) is 5.91 Å². The molecule has 1 unspecified atom stereocenters. The third kappa shape index (κ3) is 6.43. The Morgan fingerprint density at radius 3 is 2.52 bits per heavy atom. The van der Waals surface area contributed by atoms with Gasteiger partial charge in [0.2, 0.25) is 5.95 Å². The van der Waals surface area contributed by atoms with Crippen LogP contribution in [0.1, 0.15) is 61.0 Å². The van der Waals surface area contributed by atoms with Crippen molar-refractivity contribution in [1.82, 2.24) is 24.4 Å². The third-order valence-electron chi connectivity index (χ3n) is 7.86. The van der Waals surface area contributed by atoms with Crippen LogP contribution < -0.4 is 10.2 Å². The van der Waals surface area contributed by atoms with Crippen LogP contribution in [0.5, 0.6) is 0 Å². The lowest BCUT2D eigenvalue weighted by Gasteiger charge is -2.35. The number of aryl methyl sites for hydroxylation is 1. The zero-order valence-corrected chi connectivity index (χ0v) is 24.0. The number of aromatic nitrogens is 4. The summed E-state index contributed by atoms with van der Waals surface area (Å²) in [7, 11) is 0. The Kier molecular flexibility index (Phi) is 8.94. The number of hydrogen-bond acceptors (Lipinski definition) is 6. The van der Waals surface area contributed by atoms with Gasteiger partial charge in [-0.25, -0.2) is 4.98 Å². The number of nitrogens with zero attached hydrogens (tertiary/aromatic N) is 6. The molecule has 1 saturated heterocycles. The molecule has 2 aromatic carbocycles. The molecule has 0 bridgehead atoms. The number of benzene rings is 2. The van der Waals surface area contributed by atoms with Crippen LogP contribution in [-0.4, -0.2) is 63.0 Å². The normalized spacial score (nSPS) is 14.5. The minimum absolute atomic E-state index is 0.0840. The van der Waals surface area contributed by atoms with Gasteiger partial charge in [0.1, 0.15) is 0 Å². The number of hydrogen-bond donors (Lipinski definition) is 1. The fourth-order valence-corrected chi connectivity index (χ4v) is 5.35. The van der Waals surface area contributed by atoms with Gasteiger partial charge < -0.3 is 19.7 Å². The highest BCUT2D eigenvalue weighted by Crippen LogP contribution is 2.25. The molecule has 1 amide bonds. The fourth-order valence-electron chi connectivity index (χ4n) is 5.35. The van der Waals surface area contributed by atoms with Crippen LogP contribution in [0.3, 0.4) is 0 Å². The van der Waals surface area contributed by atoms with Gasteiger partial charge in [-0.3, -0.25) is 4.79 Å². The van der Waals surface area contributed by atoms with Crippen LogP contribution in [-0.2, 0) is 6.54 Å². The Morgan fingerprint density at radius 1 is 1.00 bits per heavy atom. The van der Waals surface area contributed by atoms with Gasteiger partial charge in [0.15, 0.2) is 17.0 Å². The van der Waals surface area contributed by atoms with E-state index in [1.807, 2.05) is 48.5 Å². The summed E-state index contributed by atoms with van der Waals surface area (Å²) in [5, 5.41) is 3.64. The number of unbranched alkanes of at least 4 members (excludes halogenated alkanes) is 1. The van der Waals surface area contributed by atoms with Crippen LogP contribution in [0.2, 0.25) is 0 Å². The van der Waals surface area contributed by atoms with E-state index in [-0.39, 0.29) is 5.91 Å². The second-order valence-electron chi connectivity index (χ2n) is 10.8. The Hall–Kier alpha value is -3.94. The summed E-state index contributed by atoms with van der Waals surface area (Å²) in [5.41, 5.74) is 4.68. The number of carbonyl (C=O) groups is 1. The second-order valence-corrected chi connectivity index (χ2v) is 10.8. The molecule has 1 aliphatic rings. The molecular weight excluding hydrogens is 498 g/mol. The Labute approximate surface area is 237 Å². The molecule has 2 aromatic heterocycles. The van der Waals surface area contributed by atoms with Crippen molar-refractivity contribution >= 4 is 28.8 Å². The largest absolute Gasteiger partial charge is 0.368 e. The number of amides is 1. The average molecular weight is 540 g/mol. The van der Waals surface area contributed by atoms with Gasteiger partial charge in [-0.05, 0) is 37.0 Å². The molecule has 0 saturated carbocycles. The van der Waals surface area contributed by atoms with Crippen molar-refractivity contribution in [2.75, 3.05) is 42.9 Å². The summed E-state index contributed by atoms with van der Waals surface area (Å²) in [6.45, 7) is 10.7. The number of rotatable bonds is 11. The predicted octanol–water partition coefficient (Wildman–Crippen LogP) is 5.77.